The second kappa shape index (κ2) is 6.23. The summed E-state index contributed by atoms with van der Waals surface area (Å²) in [5, 5.41) is 5.10. The van der Waals surface area contributed by atoms with E-state index < -0.39 is 0 Å². The van der Waals surface area contributed by atoms with E-state index in [1.165, 1.54) is 38.9 Å². The normalized spacial score (nSPS) is 17.1. The first-order valence-electron chi connectivity index (χ1n) is 9.10. The molecule has 1 aliphatic rings. The van der Waals surface area contributed by atoms with Crippen LogP contribution in [-0.4, -0.2) is 18.6 Å². The van der Waals surface area contributed by atoms with E-state index in [1.807, 2.05) is 0 Å². The number of fused-ring (bicyclic) bond motifs is 3. The second-order valence-electron chi connectivity index (χ2n) is 7.35. The average Bonchev–Trinajstić information content (AvgIpc) is 2.99. The Morgan fingerprint density at radius 1 is 1.12 bits per heavy atom. The molecule has 1 aromatic heterocycles. The Kier molecular flexibility index (Phi) is 4.04. The van der Waals surface area contributed by atoms with Crippen molar-refractivity contribution >= 4 is 10.9 Å². The molecule has 2 heterocycles. The van der Waals surface area contributed by atoms with Gasteiger partial charge in [0.15, 0.2) is 0 Å². The third kappa shape index (κ3) is 2.73. The summed E-state index contributed by atoms with van der Waals surface area (Å²) in [6, 6.07) is 13.4. The van der Waals surface area contributed by atoms with Crippen molar-refractivity contribution in [2.24, 2.45) is 0 Å². The highest BCUT2D eigenvalue weighted by Gasteiger charge is 2.27. The maximum absolute atomic E-state index is 5.45. The van der Waals surface area contributed by atoms with Crippen LogP contribution in [0.2, 0.25) is 0 Å². The molecule has 1 aliphatic heterocycles. The molecule has 3 heteroatoms. The first-order chi connectivity index (χ1) is 12.1. The molecule has 3 aromatic rings. The van der Waals surface area contributed by atoms with Crippen LogP contribution in [0.4, 0.5) is 0 Å². The predicted molar refractivity (Wildman–Crippen MR) is 104 cm³/mol. The topological polar surface area (TPSA) is 37.0 Å². The van der Waals surface area contributed by atoms with Crippen LogP contribution in [0, 0.1) is 6.92 Å². The monoisotopic (exact) mass is 334 g/mol. The van der Waals surface area contributed by atoms with Crippen LogP contribution in [0.5, 0.6) is 5.75 Å². The van der Waals surface area contributed by atoms with E-state index in [9.17, 15) is 0 Å². The van der Waals surface area contributed by atoms with Gasteiger partial charge in [0.1, 0.15) is 5.75 Å². The number of benzene rings is 2. The molecule has 0 bridgehead atoms. The van der Waals surface area contributed by atoms with Gasteiger partial charge in [-0.25, -0.2) is 0 Å². The van der Waals surface area contributed by atoms with Gasteiger partial charge in [-0.15, -0.1) is 0 Å². The molecule has 0 radical (unpaired) electrons. The molecule has 2 N–H and O–H groups in total. The lowest BCUT2D eigenvalue weighted by atomic mass is 9.87. The van der Waals surface area contributed by atoms with Crippen molar-refractivity contribution in [3.05, 3.63) is 64.3 Å². The quantitative estimate of drug-likeness (QED) is 0.719. The number of hydrogen-bond donors (Lipinski definition) is 2. The smallest absolute Gasteiger partial charge is 0.119 e. The van der Waals surface area contributed by atoms with Gasteiger partial charge in [0, 0.05) is 23.1 Å². The molecule has 3 nitrogen and oxygen atoms in total. The molecule has 0 aliphatic carbocycles. The van der Waals surface area contributed by atoms with Crippen molar-refractivity contribution in [1.29, 1.82) is 0 Å². The first kappa shape index (κ1) is 16.2. The third-order valence-electron chi connectivity index (χ3n) is 5.33. The Morgan fingerprint density at radius 2 is 1.96 bits per heavy atom. The third-order valence-corrected chi connectivity index (χ3v) is 5.33. The molecule has 1 atom stereocenters. The fourth-order valence-electron chi connectivity index (χ4n) is 4.05. The first-order valence-corrected chi connectivity index (χ1v) is 9.10. The van der Waals surface area contributed by atoms with Crippen molar-refractivity contribution in [3.8, 4) is 5.75 Å². The summed E-state index contributed by atoms with van der Waals surface area (Å²) in [6.45, 7) is 7.66. The van der Waals surface area contributed by atoms with E-state index in [0.717, 1.165) is 18.7 Å². The Labute approximate surface area is 149 Å². The standard InChI is InChI=1S/C22H26N2O/c1-13(2)18-12-15(25-4)6-7-16(18)21-22-17(9-10-23-21)19-11-14(3)5-8-20(19)24-22/h5-8,11-13,21,23-24H,9-10H2,1-4H3. The minimum absolute atomic E-state index is 0.208. The second-order valence-corrected chi connectivity index (χ2v) is 7.35. The van der Waals surface area contributed by atoms with Gasteiger partial charge in [-0.1, -0.05) is 31.5 Å². The summed E-state index contributed by atoms with van der Waals surface area (Å²) < 4.78 is 5.45. The molecule has 0 fully saturated rings. The van der Waals surface area contributed by atoms with Crippen molar-refractivity contribution in [2.75, 3.05) is 13.7 Å². The Hall–Kier alpha value is -2.26. The fourth-order valence-corrected chi connectivity index (χ4v) is 4.05. The van der Waals surface area contributed by atoms with Crippen LogP contribution in [0.15, 0.2) is 36.4 Å². The highest BCUT2D eigenvalue weighted by Crippen LogP contribution is 2.37. The van der Waals surface area contributed by atoms with Gasteiger partial charge in [0.2, 0.25) is 0 Å². The highest BCUT2D eigenvalue weighted by atomic mass is 16.5. The number of ether oxygens (including phenoxy) is 1. The number of rotatable bonds is 3. The lowest BCUT2D eigenvalue weighted by molar-refractivity contribution is 0.413. The molecule has 0 saturated carbocycles. The minimum Gasteiger partial charge on any atom is -0.497 e. The van der Waals surface area contributed by atoms with Gasteiger partial charge in [-0.05, 0) is 60.2 Å². The number of aromatic nitrogens is 1. The molecular weight excluding hydrogens is 308 g/mol. The summed E-state index contributed by atoms with van der Waals surface area (Å²) >= 11 is 0. The van der Waals surface area contributed by atoms with Crippen LogP contribution >= 0.6 is 0 Å². The summed E-state index contributed by atoms with van der Waals surface area (Å²) in [4.78, 5) is 3.69. The minimum atomic E-state index is 0.208. The lowest BCUT2D eigenvalue weighted by Crippen LogP contribution is -2.31. The Bertz CT molecular complexity index is 923. The Morgan fingerprint density at radius 3 is 2.72 bits per heavy atom. The maximum Gasteiger partial charge on any atom is 0.119 e. The number of nitrogens with one attached hydrogen (secondary N) is 2. The van der Waals surface area contributed by atoms with Crippen molar-refractivity contribution < 1.29 is 4.74 Å². The number of hydrogen-bond acceptors (Lipinski definition) is 2. The average molecular weight is 334 g/mol. The molecule has 0 amide bonds. The number of aryl methyl sites for hydroxylation is 1. The van der Waals surface area contributed by atoms with Gasteiger partial charge < -0.3 is 15.0 Å². The molecule has 25 heavy (non-hydrogen) atoms. The fraction of sp³-hybridized carbons (Fsp3) is 0.364. The van der Waals surface area contributed by atoms with Crippen LogP contribution in [0.25, 0.3) is 10.9 Å². The van der Waals surface area contributed by atoms with E-state index in [4.69, 9.17) is 4.74 Å². The molecule has 2 aromatic carbocycles. The van der Waals surface area contributed by atoms with Crippen molar-refractivity contribution in [1.82, 2.24) is 10.3 Å². The van der Waals surface area contributed by atoms with Crippen LogP contribution in [-0.2, 0) is 6.42 Å². The molecular formula is C22H26N2O. The number of methoxy groups -OCH3 is 1. The largest absolute Gasteiger partial charge is 0.497 e. The predicted octanol–water partition coefficient (Wildman–Crippen LogP) is 4.84. The zero-order valence-electron chi connectivity index (χ0n) is 15.4. The van der Waals surface area contributed by atoms with Crippen molar-refractivity contribution in [2.45, 2.75) is 39.2 Å². The molecule has 1 unspecified atom stereocenters. The van der Waals surface area contributed by atoms with Gasteiger partial charge in [0.05, 0.1) is 13.2 Å². The van der Waals surface area contributed by atoms with E-state index in [2.05, 4.69) is 67.5 Å². The molecule has 0 spiro atoms. The summed E-state index contributed by atoms with van der Waals surface area (Å²) in [6.07, 6.45) is 1.07. The van der Waals surface area contributed by atoms with Crippen molar-refractivity contribution in [3.63, 3.8) is 0 Å². The Balaban J connectivity index is 1.88. The maximum atomic E-state index is 5.45. The molecule has 0 saturated heterocycles. The van der Waals surface area contributed by atoms with Gasteiger partial charge in [0.25, 0.3) is 0 Å². The lowest BCUT2D eigenvalue weighted by Gasteiger charge is -2.28. The van der Waals surface area contributed by atoms with E-state index in [1.54, 1.807) is 7.11 Å². The van der Waals surface area contributed by atoms with Crippen LogP contribution in [0.3, 0.4) is 0 Å². The number of H-pyrrole nitrogens is 1. The van der Waals surface area contributed by atoms with E-state index >= 15 is 0 Å². The molecule has 130 valence electrons. The van der Waals surface area contributed by atoms with E-state index in [0.29, 0.717) is 5.92 Å². The van der Waals surface area contributed by atoms with E-state index in [-0.39, 0.29) is 6.04 Å². The number of aromatic amines is 1. The summed E-state index contributed by atoms with van der Waals surface area (Å²) in [7, 11) is 1.73. The van der Waals surface area contributed by atoms with Crippen LogP contribution in [0.1, 0.15) is 53.8 Å². The summed E-state index contributed by atoms with van der Waals surface area (Å²) in [5.74, 6) is 1.37. The SMILES string of the molecule is COc1ccc(C2NCCc3c2[nH]c2ccc(C)cc32)c(C(C)C)c1. The van der Waals surface area contributed by atoms with Gasteiger partial charge >= 0.3 is 0 Å². The van der Waals surface area contributed by atoms with Crippen LogP contribution < -0.4 is 10.1 Å². The van der Waals surface area contributed by atoms with Gasteiger partial charge in [-0.2, -0.15) is 0 Å². The summed E-state index contributed by atoms with van der Waals surface area (Å²) in [5.41, 5.74) is 8.03. The molecule has 4 rings (SSSR count). The zero-order chi connectivity index (χ0) is 17.6. The zero-order valence-corrected chi connectivity index (χ0v) is 15.4. The highest BCUT2D eigenvalue weighted by molar-refractivity contribution is 5.86. The van der Waals surface area contributed by atoms with Gasteiger partial charge in [-0.3, -0.25) is 0 Å².